The number of methoxy groups -OCH3 is 1. The Morgan fingerprint density at radius 1 is 1.18 bits per heavy atom. The summed E-state index contributed by atoms with van der Waals surface area (Å²) in [6.45, 7) is 0. The average Bonchev–Trinajstić information content (AvgIpc) is 2.86. The molecule has 0 N–H and O–H groups in total. The van der Waals surface area contributed by atoms with Crippen molar-refractivity contribution in [2.45, 2.75) is 12.8 Å². The maximum absolute atomic E-state index is 13.4. The van der Waals surface area contributed by atoms with Crippen LogP contribution in [0.15, 0.2) is 42.0 Å². The van der Waals surface area contributed by atoms with Gasteiger partial charge in [0.15, 0.2) is 5.82 Å². The second kappa shape index (κ2) is 6.28. The largest absolute Gasteiger partial charge is 0.496 e. The average molecular weight is 317 g/mol. The van der Waals surface area contributed by atoms with Gasteiger partial charge in [-0.3, -0.25) is 0 Å². The summed E-state index contributed by atoms with van der Waals surface area (Å²) >= 11 is 6.27. The Morgan fingerprint density at radius 3 is 2.86 bits per heavy atom. The first-order valence-corrected chi connectivity index (χ1v) is 7.28. The van der Waals surface area contributed by atoms with Crippen molar-refractivity contribution >= 4 is 29.3 Å². The molecule has 22 heavy (non-hydrogen) atoms. The molecule has 0 bridgehead atoms. The highest BCUT2D eigenvalue weighted by Gasteiger charge is 2.14. The van der Waals surface area contributed by atoms with E-state index in [1.807, 2.05) is 24.3 Å². The number of hydrogen-bond donors (Lipinski definition) is 0. The molecule has 0 amide bonds. The molecule has 5 heteroatoms. The summed E-state index contributed by atoms with van der Waals surface area (Å²) in [6, 6.07) is 0. The fraction of sp³-hybridized carbons (Fsp3) is 0.176. The Labute approximate surface area is 132 Å². The predicted octanol–water partition coefficient (Wildman–Crippen LogP) is 2.82. The van der Waals surface area contributed by atoms with Gasteiger partial charge in [-0.15, -0.1) is 0 Å². The summed E-state index contributed by atoms with van der Waals surface area (Å²) in [7, 11) is 1.61. The molecule has 0 aromatic carbocycles. The predicted molar refractivity (Wildman–Crippen MR) is 85.9 cm³/mol. The third-order valence-electron chi connectivity index (χ3n) is 3.42. The van der Waals surface area contributed by atoms with Crippen LogP contribution in [-0.2, 0) is 4.74 Å². The van der Waals surface area contributed by atoms with E-state index in [2.05, 4.69) is 9.97 Å². The van der Waals surface area contributed by atoms with Crippen LogP contribution in [0.25, 0.3) is 17.7 Å². The molecule has 2 aliphatic rings. The Morgan fingerprint density at radius 2 is 2.05 bits per heavy atom. The Balaban J connectivity index is 2.20. The molecular formula is C17H14ClFN2O. The zero-order chi connectivity index (χ0) is 15.5. The van der Waals surface area contributed by atoms with Gasteiger partial charge in [0.05, 0.1) is 18.0 Å². The van der Waals surface area contributed by atoms with Gasteiger partial charge in [-0.2, -0.15) is 0 Å². The van der Waals surface area contributed by atoms with E-state index >= 15 is 0 Å². The van der Waals surface area contributed by atoms with Gasteiger partial charge in [0, 0.05) is 11.6 Å². The first-order valence-electron chi connectivity index (χ1n) is 6.91. The number of rotatable bonds is 2. The topological polar surface area (TPSA) is 35.0 Å². The molecule has 0 spiro atoms. The van der Waals surface area contributed by atoms with Gasteiger partial charge in [0.2, 0.25) is 0 Å². The fourth-order valence-corrected chi connectivity index (χ4v) is 2.57. The molecule has 112 valence electrons. The van der Waals surface area contributed by atoms with E-state index in [9.17, 15) is 4.39 Å². The third-order valence-corrected chi connectivity index (χ3v) is 3.70. The smallest absolute Gasteiger partial charge is 0.165 e. The second-order valence-electron chi connectivity index (χ2n) is 4.84. The van der Waals surface area contributed by atoms with Crippen LogP contribution in [0.4, 0.5) is 4.39 Å². The monoisotopic (exact) mass is 316 g/mol. The maximum Gasteiger partial charge on any atom is 0.165 e. The minimum absolute atomic E-state index is 0.195. The first kappa shape index (κ1) is 14.7. The number of aromatic nitrogens is 2. The second-order valence-corrected chi connectivity index (χ2v) is 5.20. The molecule has 1 aromatic rings. The number of allylic oxidation sites excluding steroid dienone is 7. The lowest BCUT2D eigenvalue weighted by Crippen LogP contribution is -2.31. The van der Waals surface area contributed by atoms with E-state index in [4.69, 9.17) is 16.3 Å². The van der Waals surface area contributed by atoms with Crippen LogP contribution >= 0.6 is 11.6 Å². The lowest BCUT2D eigenvalue weighted by molar-refractivity contribution is 0.309. The summed E-state index contributed by atoms with van der Waals surface area (Å²) in [4.78, 5) is 8.87. The van der Waals surface area contributed by atoms with Crippen molar-refractivity contribution in [1.29, 1.82) is 0 Å². The maximum atomic E-state index is 13.4. The van der Waals surface area contributed by atoms with E-state index in [1.165, 1.54) is 6.08 Å². The normalized spacial score (nSPS) is 17.0. The standard InChI is InChI=1S/C17H14ClFN2O/c1-22-15-6-4-2-3-5-13(15)17-20-14-10-8-11(19)7-9-12(14)16(18)21-17/h2-3,5-6,8-10H,4,7H2,1H3. The molecule has 2 aliphatic carbocycles. The summed E-state index contributed by atoms with van der Waals surface area (Å²) in [5, 5.41) is 1.57. The zero-order valence-electron chi connectivity index (χ0n) is 12.0. The lowest BCUT2D eigenvalue weighted by atomic mass is 10.2. The van der Waals surface area contributed by atoms with Crippen LogP contribution in [0.5, 0.6) is 0 Å². The molecule has 0 radical (unpaired) electrons. The summed E-state index contributed by atoms with van der Waals surface area (Å²) in [5.41, 5.74) is 0.753. The number of ether oxygens (including phenoxy) is 1. The van der Waals surface area contributed by atoms with Crippen molar-refractivity contribution in [3.05, 3.63) is 63.5 Å². The van der Waals surface area contributed by atoms with Gasteiger partial charge in [-0.1, -0.05) is 29.8 Å². The summed E-state index contributed by atoms with van der Waals surface area (Å²) in [5.74, 6) is 0.925. The Hall–Kier alpha value is -2.20. The molecular weight excluding hydrogens is 303 g/mol. The lowest BCUT2D eigenvalue weighted by Gasteiger charge is -2.09. The first-order chi connectivity index (χ1) is 10.7. The van der Waals surface area contributed by atoms with Crippen LogP contribution in [-0.4, -0.2) is 17.1 Å². The van der Waals surface area contributed by atoms with E-state index < -0.39 is 0 Å². The molecule has 0 aliphatic heterocycles. The van der Waals surface area contributed by atoms with Gasteiger partial charge in [0.1, 0.15) is 16.7 Å². The quantitative estimate of drug-likeness (QED) is 0.787. The summed E-state index contributed by atoms with van der Waals surface area (Å²) < 4.78 is 18.8. The van der Waals surface area contributed by atoms with Crippen molar-refractivity contribution in [2.24, 2.45) is 0 Å². The molecule has 0 atom stereocenters. The van der Waals surface area contributed by atoms with Crippen molar-refractivity contribution in [3.63, 3.8) is 0 Å². The molecule has 3 nitrogen and oxygen atoms in total. The van der Waals surface area contributed by atoms with E-state index in [0.29, 0.717) is 27.3 Å². The van der Waals surface area contributed by atoms with Crippen LogP contribution in [0.2, 0.25) is 5.15 Å². The third kappa shape index (κ3) is 2.88. The molecule has 0 saturated heterocycles. The molecule has 0 unspecified atom stereocenters. The highest BCUT2D eigenvalue weighted by molar-refractivity contribution is 6.29. The van der Waals surface area contributed by atoms with Gasteiger partial charge in [0.25, 0.3) is 0 Å². The van der Waals surface area contributed by atoms with Crippen molar-refractivity contribution in [2.75, 3.05) is 7.11 Å². The minimum atomic E-state index is -0.232. The van der Waals surface area contributed by atoms with E-state index in [0.717, 1.165) is 12.0 Å². The van der Waals surface area contributed by atoms with E-state index in [1.54, 1.807) is 19.3 Å². The van der Waals surface area contributed by atoms with Gasteiger partial charge in [-0.05, 0) is 30.7 Å². The SMILES string of the molecule is COC1=CCC=CC=C1c1nc(Cl)c2c(n1)=CC=C(F)CC=2. The number of nitrogens with zero attached hydrogens (tertiary/aromatic N) is 2. The van der Waals surface area contributed by atoms with Crippen LogP contribution < -0.4 is 10.6 Å². The van der Waals surface area contributed by atoms with Gasteiger partial charge < -0.3 is 4.74 Å². The van der Waals surface area contributed by atoms with Crippen LogP contribution in [0, 0.1) is 0 Å². The number of halogens is 2. The minimum Gasteiger partial charge on any atom is -0.496 e. The highest BCUT2D eigenvalue weighted by Crippen LogP contribution is 2.23. The molecule has 0 fully saturated rings. The number of hydrogen-bond acceptors (Lipinski definition) is 3. The molecule has 1 heterocycles. The Kier molecular flexibility index (Phi) is 4.20. The van der Waals surface area contributed by atoms with Gasteiger partial charge >= 0.3 is 0 Å². The van der Waals surface area contributed by atoms with Crippen molar-refractivity contribution in [3.8, 4) is 0 Å². The summed E-state index contributed by atoms with van der Waals surface area (Å²) in [6.07, 6.45) is 13.5. The van der Waals surface area contributed by atoms with Crippen LogP contribution in [0.1, 0.15) is 18.7 Å². The van der Waals surface area contributed by atoms with Crippen LogP contribution in [0.3, 0.4) is 0 Å². The van der Waals surface area contributed by atoms with Crippen molar-refractivity contribution in [1.82, 2.24) is 9.97 Å². The van der Waals surface area contributed by atoms with Gasteiger partial charge in [-0.25, -0.2) is 14.4 Å². The fourth-order valence-electron chi connectivity index (χ4n) is 2.32. The zero-order valence-corrected chi connectivity index (χ0v) is 12.8. The van der Waals surface area contributed by atoms with E-state index in [-0.39, 0.29) is 12.2 Å². The molecule has 1 aromatic heterocycles. The van der Waals surface area contributed by atoms with Crippen molar-refractivity contribution < 1.29 is 9.13 Å². The molecule has 0 saturated carbocycles. The number of fused-ring (bicyclic) bond motifs is 1. The molecule has 3 rings (SSSR count). The highest BCUT2D eigenvalue weighted by atomic mass is 35.5. The Bertz CT molecular complexity index is 850.